The number of carbonyl (C=O) groups excluding carboxylic acids is 5. The Morgan fingerprint density at radius 1 is 0.410 bits per heavy atom. The van der Waals surface area contributed by atoms with Crippen molar-refractivity contribution in [3.63, 3.8) is 0 Å². The van der Waals surface area contributed by atoms with Gasteiger partial charge in [-0.25, -0.2) is 8.42 Å². The molecule has 1 fully saturated rings. The second-order valence-electron chi connectivity index (χ2n) is 29.1. The monoisotopic (exact) mass is 1470 g/mol. The van der Waals surface area contributed by atoms with Gasteiger partial charge in [0.2, 0.25) is 0 Å². The molecule has 10 aromatic rings. The highest BCUT2D eigenvalue weighted by Gasteiger charge is 2.32. The molecule has 5 aromatic carbocycles. The molecule has 546 valence electrons. The van der Waals surface area contributed by atoms with Crippen LogP contribution in [0.3, 0.4) is 0 Å². The van der Waals surface area contributed by atoms with Crippen LogP contribution in [0, 0.1) is 87.4 Å². The van der Waals surface area contributed by atoms with E-state index in [1.807, 2.05) is 112 Å². The number of benzene rings is 5. The first-order valence-corrected chi connectivity index (χ1v) is 38.9. The highest BCUT2D eigenvalue weighted by molar-refractivity contribution is 7.91. The number of aryl methyl sites for hydroxylation is 11. The van der Waals surface area contributed by atoms with Crippen LogP contribution in [0.25, 0.3) is 54.5 Å². The van der Waals surface area contributed by atoms with Crippen molar-refractivity contribution in [2.45, 2.75) is 147 Å². The summed E-state index contributed by atoms with van der Waals surface area (Å²) < 4.78 is 34.2. The summed E-state index contributed by atoms with van der Waals surface area (Å²) in [6, 6.07) is 27.7. The van der Waals surface area contributed by atoms with Crippen molar-refractivity contribution >= 4 is 123 Å². The van der Waals surface area contributed by atoms with Crippen molar-refractivity contribution in [3.8, 4) is 18.2 Å². The molecule has 6 aliphatic rings. The number of nitrogens with zero attached hydrogens (tertiary/aromatic N) is 9. The van der Waals surface area contributed by atoms with E-state index >= 15 is 0 Å². The Morgan fingerprint density at radius 3 is 1.23 bits per heavy atom. The van der Waals surface area contributed by atoms with Crippen LogP contribution in [-0.2, 0) is 55.4 Å². The minimum Gasteiger partial charge on any atom is -0.368 e. The van der Waals surface area contributed by atoms with E-state index in [9.17, 15) is 42.9 Å². The van der Waals surface area contributed by atoms with Gasteiger partial charge in [0, 0.05) is 116 Å². The largest absolute Gasteiger partial charge is 0.368 e. The smallest absolute Gasteiger partial charge is 0.268 e. The highest BCUT2D eigenvalue weighted by Crippen LogP contribution is 2.39. The van der Waals surface area contributed by atoms with Crippen LogP contribution in [0.1, 0.15) is 173 Å². The number of nitrogens with one attached hydrogen (secondary N) is 5. The van der Waals surface area contributed by atoms with Crippen molar-refractivity contribution in [2.75, 3.05) is 62.2 Å². The number of rotatable bonds is 5. The first kappa shape index (κ1) is 74.7. The Kier molecular flexibility index (Phi) is 22.0. The van der Waals surface area contributed by atoms with Gasteiger partial charge in [-0.15, -0.1) is 0 Å². The lowest BCUT2D eigenvalue weighted by atomic mass is 9.98. The summed E-state index contributed by atoms with van der Waals surface area (Å²) >= 11 is 12.4. The normalized spacial score (nSPS) is 16.1. The van der Waals surface area contributed by atoms with Crippen LogP contribution in [0.15, 0.2) is 66.7 Å². The molecule has 21 nitrogen and oxygen atoms in total. The fraction of sp³-hybridized carbons (Fsp3) is 0.407. The van der Waals surface area contributed by atoms with Gasteiger partial charge in [0.25, 0.3) is 29.5 Å². The van der Waals surface area contributed by atoms with E-state index in [4.69, 9.17) is 28.5 Å². The van der Waals surface area contributed by atoms with Crippen LogP contribution in [0.5, 0.6) is 0 Å². The van der Waals surface area contributed by atoms with Gasteiger partial charge in [0.1, 0.15) is 28.5 Å². The molecule has 5 aromatic heterocycles. The molecule has 1 saturated heterocycles. The number of aromatic nitrogens is 5. The summed E-state index contributed by atoms with van der Waals surface area (Å²) in [5, 5.41) is 49.0. The zero-order chi connectivity index (χ0) is 75.0. The molecule has 5 N–H and O–H groups in total. The van der Waals surface area contributed by atoms with Gasteiger partial charge < -0.3 is 54.3 Å². The van der Waals surface area contributed by atoms with Gasteiger partial charge in [0.05, 0.1) is 79.7 Å². The number of amides is 5. The number of nitriles is 3. The number of carbonyl (C=O) groups is 5. The molecule has 0 bridgehead atoms. The minimum absolute atomic E-state index is 0.0101. The molecule has 0 saturated carbocycles. The summed E-state index contributed by atoms with van der Waals surface area (Å²) in [7, 11) is -3.00. The summed E-state index contributed by atoms with van der Waals surface area (Å²) in [4.78, 5) is 63.4. The van der Waals surface area contributed by atoms with E-state index in [2.05, 4.69) is 96.8 Å². The van der Waals surface area contributed by atoms with Crippen molar-refractivity contribution in [1.82, 2.24) is 49.4 Å². The van der Waals surface area contributed by atoms with Crippen LogP contribution in [-0.4, -0.2) is 118 Å². The second kappa shape index (κ2) is 30.9. The molecular formula is C81H90Cl2N14O7S. The minimum atomic E-state index is -3.00. The summed E-state index contributed by atoms with van der Waals surface area (Å²) in [6.07, 6.45) is 6.51. The third-order valence-electron chi connectivity index (χ3n) is 20.7. The average Bonchev–Trinajstić information content (AvgIpc) is 1.65. The molecule has 11 heterocycles. The molecule has 105 heavy (non-hydrogen) atoms. The predicted octanol–water partition coefficient (Wildman–Crippen LogP) is 13.3. The molecular weight excluding hydrogens is 1380 g/mol. The maximum absolute atomic E-state index is 12.5. The molecule has 0 atom stereocenters. The van der Waals surface area contributed by atoms with Gasteiger partial charge in [-0.2, -0.15) is 15.8 Å². The topological polar surface area (TPSA) is 279 Å². The van der Waals surface area contributed by atoms with Crippen LogP contribution in [0.2, 0.25) is 10.0 Å². The molecule has 0 aliphatic carbocycles. The maximum Gasteiger partial charge on any atom is 0.268 e. The maximum atomic E-state index is 12.5. The van der Waals surface area contributed by atoms with E-state index in [1.54, 1.807) is 0 Å². The summed E-state index contributed by atoms with van der Waals surface area (Å²) in [5.41, 5.74) is 20.3. The quantitative estimate of drug-likeness (QED) is 0.108. The van der Waals surface area contributed by atoms with Crippen LogP contribution >= 0.6 is 23.2 Å². The number of hydrogen-bond acceptors (Lipinski definition) is 11. The lowest BCUT2D eigenvalue weighted by molar-refractivity contribution is 0.0942. The second-order valence-corrected chi connectivity index (χ2v) is 32.3. The molecule has 0 spiro atoms. The third kappa shape index (κ3) is 14.9. The van der Waals surface area contributed by atoms with Crippen molar-refractivity contribution in [1.29, 1.82) is 15.8 Å². The lowest BCUT2D eigenvalue weighted by Gasteiger charge is -2.30. The van der Waals surface area contributed by atoms with Crippen molar-refractivity contribution < 1.29 is 32.4 Å². The predicted molar refractivity (Wildman–Crippen MR) is 415 cm³/mol. The van der Waals surface area contributed by atoms with Crippen molar-refractivity contribution in [3.05, 3.63) is 166 Å². The van der Waals surface area contributed by atoms with Crippen molar-refractivity contribution in [2.24, 2.45) is 11.8 Å². The number of hydrogen-bond donors (Lipinski definition) is 5. The third-order valence-corrected chi connectivity index (χ3v) is 22.8. The average molecular weight is 1470 g/mol. The number of sulfone groups is 1. The van der Waals surface area contributed by atoms with Gasteiger partial charge in [-0.05, 0) is 210 Å². The van der Waals surface area contributed by atoms with Gasteiger partial charge in [-0.1, -0.05) is 50.9 Å². The fourth-order valence-corrected chi connectivity index (χ4v) is 17.9. The SMILES string of the molecule is CC(C)Cc1cc(C#N)cc2cc3n(c12)CCCNC3=O.Cc1c2n(c3c(C)cc(C#N)cc13)CCCNC2=O.Cc1c2n(c3c(C)cc(Cl)cc13)CCCNC2=O.Cc1c2n(c3c(CC(C)C)cc(Cl)cc13)CCCNC2=O.Cc1c2n(c3c(N4CCS(=O)(=O)CC4)cc(C#N)cc13)CCCNC2=O. The zero-order valence-corrected chi connectivity index (χ0v) is 63.7. The Hall–Kier alpha value is -10.1. The molecule has 24 heteroatoms. The first-order chi connectivity index (χ1) is 50.2. The Labute approximate surface area is 622 Å². The van der Waals surface area contributed by atoms with Gasteiger partial charge in [0.15, 0.2) is 9.84 Å². The zero-order valence-electron chi connectivity index (χ0n) is 61.4. The molecule has 0 radical (unpaired) electrons. The van der Waals surface area contributed by atoms with E-state index in [0.717, 1.165) is 212 Å². The van der Waals surface area contributed by atoms with E-state index in [1.165, 1.54) is 16.6 Å². The number of halogens is 2. The summed E-state index contributed by atoms with van der Waals surface area (Å²) in [5.74, 6) is 1.22. The van der Waals surface area contributed by atoms with Gasteiger partial charge >= 0.3 is 0 Å². The van der Waals surface area contributed by atoms with Crippen LogP contribution < -0.4 is 31.5 Å². The molecule has 6 aliphatic heterocycles. The van der Waals surface area contributed by atoms with E-state index in [0.29, 0.717) is 66.1 Å². The molecule has 16 rings (SSSR count). The van der Waals surface area contributed by atoms with Gasteiger partial charge in [-0.3, -0.25) is 24.0 Å². The Bertz CT molecular complexity index is 5460. The lowest BCUT2D eigenvalue weighted by Crippen LogP contribution is -2.40. The summed E-state index contributed by atoms with van der Waals surface area (Å²) in [6.45, 7) is 29.2. The van der Waals surface area contributed by atoms with E-state index < -0.39 is 9.84 Å². The fourth-order valence-electron chi connectivity index (χ4n) is 16.2. The Balaban J connectivity index is 0.000000124. The molecule has 0 unspecified atom stereocenters. The number of anilines is 1. The van der Waals surface area contributed by atoms with Crippen LogP contribution in [0.4, 0.5) is 5.69 Å². The molecule has 5 amide bonds. The highest BCUT2D eigenvalue weighted by atomic mass is 35.5. The standard InChI is InChI=1S/C18H20N4O3S.C17H21ClN2O.C17H19N3O.C15H15N3O.C14H15ClN2O/c1-12-14-9-13(11-19)10-15(21-5-7-26(24,25)8-6-21)17(14)22-4-2-3-20-18(23)16(12)22;1-10(2)7-12-8-13(18)9-14-11(3)15-17(21)19-5-4-6-20(15)16(12)14;1-11(2)6-13-7-12(10-18)8-14-9-15-17(21)19-4-3-5-20(15)16(13)14;1-9-6-11(8-16)7-12-10(2)14-15(19)17-4-3-5-18(14)13(9)12;1-8-6-10(15)7-11-9(2)13-14(18)16-4-3-5-17(13)12(8)11/h9-10H,2-8H2,1H3,(H,20,23);8-10H,4-7H2,1-3H3,(H,19,21);7-9,11H,3-6H2,1-2H3,(H,19,21);6-7H,3-5H2,1-2H3,(H,17,19);6-7H,3-5H2,1-2H3,(H,16,18). The van der Waals surface area contributed by atoms with E-state index in [-0.39, 0.29) is 41.0 Å². The Morgan fingerprint density at radius 2 is 0.771 bits per heavy atom. The first-order valence-electron chi connectivity index (χ1n) is 36.4. The number of fused-ring (bicyclic) bond motifs is 15.